The Balaban J connectivity index is 1.01. The minimum absolute atomic E-state index is 0.00144. The molecule has 0 aliphatic heterocycles. The molecule has 0 spiro atoms. The van der Waals surface area contributed by atoms with E-state index in [-0.39, 0.29) is 47.5 Å². The second kappa shape index (κ2) is 30.6. The number of methoxy groups -OCH3 is 1. The molecular weight excluding hydrogens is 1070 g/mol. The number of unbranched alkanes of at least 4 members (excludes halogenated alkanes) is 9. The van der Waals surface area contributed by atoms with Gasteiger partial charge in [-0.25, -0.2) is 9.59 Å². The van der Waals surface area contributed by atoms with Gasteiger partial charge in [-0.2, -0.15) is 4.68 Å². The topological polar surface area (TPSA) is 169 Å². The van der Waals surface area contributed by atoms with E-state index in [1.54, 1.807) is 22.9 Å². The van der Waals surface area contributed by atoms with Crippen molar-refractivity contribution in [2.24, 2.45) is 0 Å². The van der Waals surface area contributed by atoms with Crippen LogP contribution in [0.3, 0.4) is 0 Å². The number of hydrogen-bond donors (Lipinski definition) is 1. The van der Waals surface area contributed by atoms with Crippen molar-refractivity contribution in [3.63, 3.8) is 0 Å². The Labute approximate surface area is 491 Å². The molecule has 0 fully saturated rings. The number of aryl methyl sites for hydroxylation is 2. The lowest BCUT2D eigenvalue weighted by molar-refractivity contribution is -0.120. The Morgan fingerprint density at radius 1 is 0.768 bits per heavy atom. The van der Waals surface area contributed by atoms with Crippen molar-refractivity contribution in [1.29, 1.82) is 0 Å². The average molecular weight is 1150 g/mol. The predicted molar refractivity (Wildman–Crippen MR) is 322 cm³/mol. The number of ketones is 1. The summed E-state index contributed by atoms with van der Waals surface area (Å²) < 4.78 is 28.1. The number of ether oxygens (including phenoxy) is 4. The number of para-hydroxylation sites is 1. The number of carbonyl (C=O) groups is 4. The number of benzene rings is 5. The molecule has 7 aromatic rings. The van der Waals surface area contributed by atoms with E-state index < -0.39 is 29.9 Å². The maximum atomic E-state index is 15.5. The molecule has 0 saturated heterocycles. The number of Topliss-reactive ketones (excluding diaryl/α,β-unsaturated/α-hetero) is 1. The van der Waals surface area contributed by atoms with Crippen LogP contribution in [0.2, 0.25) is 5.02 Å². The summed E-state index contributed by atoms with van der Waals surface area (Å²) in [6.45, 7) is 9.07. The van der Waals surface area contributed by atoms with Gasteiger partial charge in [-0.3, -0.25) is 9.59 Å². The molecule has 1 aliphatic rings. The van der Waals surface area contributed by atoms with Gasteiger partial charge in [0.15, 0.2) is 11.5 Å². The summed E-state index contributed by atoms with van der Waals surface area (Å²) in [4.78, 5) is 59.6. The number of rotatable bonds is 30. The number of thioether (sulfide) groups is 1. The number of anilines is 1. The van der Waals surface area contributed by atoms with E-state index >= 15 is 9.59 Å². The van der Waals surface area contributed by atoms with Crippen molar-refractivity contribution in [2.45, 2.75) is 154 Å². The lowest BCUT2D eigenvalue weighted by Gasteiger charge is -2.25. The Bertz CT molecular complexity index is 3260. The smallest absolute Gasteiger partial charge is 0.415 e. The third-order valence-corrected chi connectivity index (χ3v) is 16.2. The second-order valence-corrected chi connectivity index (χ2v) is 22.2. The van der Waals surface area contributed by atoms with Crippen LogP contribution in [0.1, 0.15) is 151 Å². The number of hydrogen-bond acceptors (Lipinski definition) is 12. The van der Waals surface area contributed by atoms with Crippen LogP contribution in [-0.4, -0.2) is 79.8 Å². The Morgan fingerprint density at radius 3 is 2.21 bits per heavy atom. The van der Waals surface area contributed by atoms with E-state index in [1.807, 2.05) is 93.6 Å². The minimum atomic E-state index is -1.73. The number of carbonyl (C=O) groups excluding carboxylic acids is 4. The number of nitrogens with one attached hydrogen (secondary N) is 1. The lowest BCUT2D eigenvalue weighted by Crippen LogP contribution is -2.41. The SMILES string of the molecule is CCCCCCCCCCCCOC(=O)c1ccc(Cl)c(NC(=O)C(Oc2ccc(C)cc2CN(CC)C(=O)Oc2ccc(CSc3nnnn3-c3ccccc3)cc2OC)C(=O)c2c3c(n(CCc4ccccc4)c2C)CCCC3)c1. The van der Waals surface area contributed by atoms with Gasteiger partial charge in [0.25, 0.3) is 5.91 Å². The van der Waals surface area contributed by atoms with Gasteiger partial charge in [0.2, 0.25) is 17.0 Å². The number of nitrogens with zero attached hydrogens (tertiary/aromatic N) is 6. The molecule has 0 bridgehead atoms. The monoisotopic (exact) mass is 1150 g/mol. The summed E-state index contributed by atoms with van der Waals surface area (Å²) in [5.74, 6) is -0.548. The van der Waals surface area contributed by atoms with Gasteiger partial charge in [-0.1, -0.05) is 160 Å². The largest absolute Gasteiger partial charge is 0.493 e. The van der Waals surface area contributed by atoms with Gasteiger partial charge >= 0.3 is 12.1 Å². The summed E-state index contributed by atoms with van der Waals surface area (Å²) in [6.07, 6.45) is 13.3. The second-order valence-electron chi connectivity index (χ2n) is 20.8. The molecule has 0 saturated carbocycles. The van der Waals surface area contributed by atoms with Crippen LogP contribution in [0, 0.1) is 13.8 Å². The highest BCUT2D eigenvalue weighted by molar-refractivity contribution is 7.98. The molecular formula is C65H76ClN7O8S. The number of halogens is 1. The van der Waals surface area contributed by atoms with Crippen LogP contribution in [0.25, 0.3) is 5.69 Å². The maximum Gasteiger partial charge on any atom is 0.415 e. The third kappa shape index (κ3) is 16.2. The zero-order valence-corrected chi connectivity index (χ0v) is 49.5. The van der Waals surface area contributed by atoms with Crippen LogP contribution in [0.4, 0.5) is 10.5 Å². The third-order valence-electron chi connectivity index (χ3n) is 14.9. The van der Waals surface area contributed by atoms with Crippen molar-refractivity contribution >= 4 is 52.8 Å². The number of aromatic nitrogens is 5. The maximum absolute atomic E-state index is 15.5. The Kier molecular flexibility index (Phi) is 22.6. The first-order valence-electron chi connectivity index (χ1n) is 28.9. The fourth-order valence-corrected chi connectivity index (χ4v) is 11.4. The lowest BCUT2D eigenvalue weighted by atomic mass is 9.91. The molecule has 1 unspecified atom stereocenters. The summed E-state index contributed by atoms with van der Waals surface area (Å²) in [6, 6.07) is 35.2. The van der Waals surface area contributed by atoms with Crippen LogP contribution in [0.15, 0.2) is 120 Å². The van der Waals surface area contributed by atoms with E-state index in [0.29, 0.717) is 40.8 Å². The first-order chi connectivity index (χ1) is 40.0. The molecule has 2 heterocycles. The first kappa shape index (κ1) is 60.7. The predicted octanol–water partition coefficient (Wildman–Crippen LogP) is 14.5. The summed E-state index contributed by atoms with van der Waals surface area (Å²) in [5, 5.41) is 15.9. The molecule has 1 atom stereocenters. The van der Waals surface area contributed by atoms with Crippen molar-refractivity contribution in [2.75, 3.05) is 25.6 Å². The summed E-state index contributed by atoms with van der Waals surface area (Å²) in [7, 11) is 1.51. The number of esters is 1. The van der Waals surface area contributed by atoms with Crippen molar-refractivity contribution in [3.8, 4) is 22.9 Å². The fraction of sp³-hybridized carbons (Fsp3) is 0.400. The fourth-order valence-electron chi connectivity index (χ4n) is 10.4. The molecule has 8 rings (SSSR count). The number of fused-ring (bicyclic) bond motifs is 1. The highest BCUT2D eigenvalue weighted by atomic mass is 35.5. The zero-order valence-electron chi connectivity index (χ0n) is 47.9. The molecule has 1 aliphatic carbocycles. The average Bonchev–Trinajstić information content (AvgIpc) is 4.28. The van der Waals surface area contributed by atoms with E-state index in [9.17, 15) is 9.59 Å². The number of amides is 2. The van der Waals surface area contributed by atoms with Crippen molar-refractivity contribution in [1.82, 2.24) is 29.7 Å². The van der Waals surface area contributed by atoms with Gasteiger partial charge < -0.3 is 33.7 Å². The summed E-state index contributed by atoms with van der Waals surface area (Å²) >= 11 is 8.21. The van der Waals surface area contributed by atoms with E-state index in [0.717, 1.165) is 78.7 Å². The number of tetrazole rings is 1. The highest BCUT2D eigenvalue weighted by Gasteiger charge is 2.37. The van der Waals surface area contributed by atoms with E-state index in [1.165, 1.54) is 86.4 Å². The first-order valence-corrected chi connectivity index (χ1v) is 30.3. The molecule has 15 nitrogen and oxygen atoms in total. The van der Waals surface area contributed by atoms with Crippen molar-refractivity contribution < 1.29 is 38.1 Å². The molecule has 2 aromatic heterocycles. The molecule has 1 N–H and O–H groups in total. The summed E-state index contributed by atoms with van der Waals surface area (Å²) in [5.41, 5.74) is 7.85. The molecule has 2 amide bonds. The molecule has 5 aromatic carbocycles. The Morgan fingerprint density at radius 2 is 1.48 bits per heavy atom. The van der Waals surface area contributed by atoms with E-state index in [2.05, 4.69) is 44.5 Å². The van der Waals surface area contributed by atoms with Gasteiger partial charge in [0, 0.05) is 41.4 Å². The van der Waals surface area contributed by atoms with Crippen LogP contribution in [-0.2, 0) is 47.6 Å². The van der Waals surface area contributed by atoms with E-state index in [4.69, 9.17) is 30.5 Å². The van der Waals surface area contributed by atoms with Gasteiger partial charge in [-0.05, 0) is 135 Å². The molecule has 17 heteroatoms. The quantitative estimate of drug-likeness (QED) is 0.0149. The normalized spacial score (nSPS) is 12.3. The minimum Gasteiger partial charge on any atom is -0.493 e. The van der Waals surface area contributed by atoms with Crippen LogP contribution in [0.5, 0.6) is 17.2 Å². The zero-order chi connectivity index (χ0) is 57.8. The van der Waals surface area contributed by atoms with Gasteiger partial charge in [-0.15, -0.1) is 5.10 Å². The molecule has 0 radical (unpaired) electrons. The standard InChI is InChI=1S/C65H76ClN7O8S/c1-6-8-9-10-11-12-13-14-15-24-39-79-63(76)49-33-34-53(66)54(42-49)67-62(75)61(60(74)59-46(4)72(55-30-23-22-29-52(55)59)38-37-47-25-18-16-19-26-47)80-56-35-31-45(3)40-50(56)43-71(7-2)65(77)81-57-36-32-48(41-58(57)78-5)44-82-64-68-69-70-73(64)51-27-20-17-21-28-51/h16-21,25-28,31-36,40-42,61H,6-15,22-24,29-30,37-39,43-44H2,1-5H3,(H,67,75). The molecule has 432 valence electrons. The van der Waals surface area contributed by atoms with Gasteiger partial charge in [0.1, 0.15) is 5.75 Å². The van der Waals surface area contributed by atoms with Crippen molar-refractivity contribution in [3.05, 3.63) is 171 Å². The molecule has 82 heavy (non-hydrogen) atoms. The van der Waals surface area contributed by atoms with Crippen LogP contribution >= 0.6 is 23.4 Å². The Hall–Kier alpha value is -7.43. The van der Waals surface area contributed by atoms with Gasteiger partial charge in [0.05, 0.1) is 42.2 Å². The van der Waals surface area contributed by atoms with Crippen LogP contribution < -0.4 is 19.5 Å². The highest BCUT2D eigenvalue weighted by Crippen LogP contribution is 2.35.